The summed E-state index contributed by atoms with van der Waals surface area (Å²) >= 11 is 0. The summed E-state index contributed by atoms with van der Waals surface area (Å²) < 4.78 is 5.20. The fraction of sp³-hybridized carbons (Fsp3) is 0.409. The van der Waals surface area contributed by atoms with Crippen LogP contribution in [0, 0.1) is 5.92 Å². The number of rotatable bonds is 8. The van der Waals surface area contributed by atoms with Gasteiger partial charge in [-0.3, -0.25) is 9.78 Å². The van der Waals surface area contributed by atoms with Gasteiger partial charge in [0.2, 0.25) is 5.91 Å². The van der Waals surface area contributed by atoms with E-state index in [2.05, 4.69) is 11.9 Å². The van der Waals surface area contributed by atoms with Crippen LogP contribution in [0.25, 0.3) is 0 Å². The fourth-order valence-corrected chi connectivity index (χ4v) is 3.76. The molecule has 1 saturated heterocycles. The Morgan fingerprint density at radius 2 is 2.07 bits per heavy atom. The molecule has 1 N–H and O–H groups in total. The Hall–Kier alpha value is -2.89. The lowest BCUT2D eigenvalue weighted by Crippen LogP contribution is -2.30. The van der Waals surface area contributed by atoms with Crippen LogP contribution in [0.1, 0.15) is 53.8 Å². The van der Waals surface area contributed by atoms with Gasteiger partial charge in [-0.2, -0.15) is 0 Å². The molecule has 2 heterocycles. The maximum atomic E-state index is 12.8. The molecule has 3 rings (SSSR count). The molecule has 1 amide bonds. The highest BCUT2D eigenvalue weighted by Gasteiger charge is 2.34. The van der Waals surface area contributed by atoms with Gasteiger partial charge in [-0.1, -0.05) is 12.1 Å². The lowest BCUT2D eigenvalue weighted by molar-refractivity contribution is -0.133. The summed E-state index contributed by atoms with van der Waals surface area (Å²) in [6.07, 6.45) is 4.68. The summed E-state index contributed by atoms with van der Waals surface area (Å²) in [5, 5.41) is 9.06. The molecule has 1 aromatic carbocycles. The van der Waals surface area contributed by atoms with Gasteiger partial charge in [-0.05, 0) is 62.4 Å². The number of pyridine rings is 1. The number of aryl methyl sites for hydroxylation is 1. The smallest absolute Gasteiger partial charge is 0.335 e. The molecular weight excluding hydrogens is 356 g/mol. The molecular formula is C22H26N2O4. The topological polar surface area (TPSA) is 79.7 Å². The predicted molar refractivity (Wildman–Crippen MR) is 105 cm³/mol. The number of hydrogen-bond donors (Lipinski definition) is 1. The number of carbonyl (C=O) groups is 2. The summed E-state index contributed by atoms with van der Waals surface area (Å²) in [6, 6.07) is 11.0. The molecule has 0 radical (unpaired) electrons. The molecule has 0 saturated carbocycles. The van der Waals surface area contributed by atoms with Crippen molar-refractivity contribution in [2.45, 2.75) is 38.6 Å². The second-order valence-corrected chi connectivity index (χ2v) is 7.20. The van der Waals surface area contributed by atoms with Gasteiger partial charge in [0.25, 0.3) is 0 Å². The second kappa shape index (κ2) is 8.87. The van der Waals surface area contributed by atoms with E-state index in [0.717, 1.165) is 42.8 Å². The minimum absolute atomic E-state index is 0.0309. The van der Waals surface area contributed by atoms with E-state index in [-0.39, 0.29) is 23.4 Å². The van der Waals surface area contributed by atoms with Crippen LogP contribution in [0.15, 0.2) is 42.6 Å². The standard InChI is InChI=1S/C22H26N2O4/c1-15(16-6-8-20(28-2)9-7-16)24-13-11-17(21(24)25)4-3-5-19-14-18(22(26)27)10-12-23-19/h6-10,12,14-15,17H,3-5,11,13H2,1-2H3,(H,26,27)/t15-,17-/m1/s1. The second-order valence-electron chi connectivity index (χ2n) is 7.20. The Morgan fingerprint density at radius 3 is 2.75 bits per heavy atom. The first-order chi connectivity index (χ1) is 13.5. The molecule has 1 aromatic heterocycles. The van der Waals surface area contributed by atoms with Gasteiger partial charge >= 0.3 is 5.97 Å². The molecule has 28 heavy (non-hydrogen) atoms. The molecule has 2 atom stereocenters. The van der Waals surface area contributed by atoms with Crippen molar-refractivity contribution in [1.29, 1.82) is 0 Å². The minimum atomic E-state index is -0.946. The zero-order valence-electron chi connectivity index (χ0n) is 16.3. The molecule has 6 heteroatoms. The summed E-state index contributed by atoms with van der Waals surface area (Å²) in [5.41, 5.74) is 2.11. The maximum Gasteiger partial charge on any atom is 0.335 e. The molecule has 1 fully saturated rings. The van der Waals surface area contributed by atoms with E-state index in [0.29, 0.717) is 6.42 Å². The van der Waals surface area contributed by atoms with Crippen molar-refractivity contribution in [1.82, 2.24) is 9.88 Å². The normalized spacial score (nSPS) is 17.6. The molecule has 0 unspecified atom stereocenters. The highest BCUT2D eigenvalue weighted by atomic mass is 16.5. The minimum Gasteiger partial charge on any atom is -0.497 e. The number of aromatic carboxylic acids is 1. The summed E-state index contributed by atoms with van der Waals surface area (Å²) in [7, 11) is 1.64. The number of methoxy groups -OCH3 is 1. The van der Waals surface area contributed by atoms with Crippen molar-refractivity contribution >= 4 is 11.9 Å². The molecule has 0 bridgehead atoms. The lowest BCUT2D eigenvalue weighted by atomic mass is 9.99. The zero-order valence-corrected chi connectivity index (χ0v) is 16.3. The number of carboxylic acids is 1. The Labute approximate surface area is 165 Å². The van der Waals surface area contributed by atoms with Crippen molar-refractivity contribution in [2.75, 3.05) is 13.7 Å². The summed E-state index contributed by atoms with van der Waals surface area (Å²) in [6.45, 7) is 2.83. The van der Waals surface area contributed by atoms with Crippen LogP contribution < -0.4 is 4.74 Å². The number of ether oxygens (including phenoxy) is 1. The van der Waals surface area contributed by atoms with Crippen LogP contribution in [0.2, 0.25) is 0 Å². The van der Waals surface area contributed by atoms with E-state index < -0.39 is 5.97 Å². The maximum absolute atomic E-state index is 12.8. The first-order valence-electron chi connectivity index (χ1n) is 9.62. The van der Waals surface area contributed by atoms with Gasteiger partial charge in [0.1, 0.15) is 5.75 Å². The number of amides is 1. The molecule has 0 aliphatic carbocycles. The van der Waals surface area contributed by atoms with Crippen LogP contribution in [0.3, 0.4) is 0 Å². The van der Waals surface area contributed by atoms with Crippen molar-refractivity contribution in [3.63, 3.8) is 0 Å². The van der Waals surface area contributed by atoms with Crippen molar-refractivity contribution in [2.24, 2.45) is 5.92 Å². The van der Waals surface area contributed by atoms with Gasteiger partial charge in [0.05, 0.1) is 18.7 Å². The molecule has 1 aliphatic heterocycles. The SMILES string of the molecule is COc1ccc([C@@H](C)N2CC[C@@H](CCCc3cc(C(=O)O)ccn3)C2=O)cc1. The van der Waals surface area contributed by atoms with Gasteiger partial charge in [0, 0.05) is 24.4 Å². The van der Waals surface area contributed by atoms with Crippen LogP contribution >= 0.6 is 0 Å². The number of likely N-dealkylation sites (tertiary alicyclic amines) is 1. The Kier molecular flexibility index (Phi) is 6.29. The van der Waals surface area contributed by atoms with E-state index in [4.69, 9.17) is 9.84 Å². The Morgan fingerprint density at radius 1 is 1.32 bits per heavy atom. The molecule has 1 aliphatic rings. The van der Waals surface area contributed by atoms with Crippen LogP contribution in [0.5, 0.6) is 5.75 Å². The first kappa shape index (κ1) is 19.9. The fourth-order valence-electron chi connectivity index (χ4n) is 3.76. The monoisotopic (exact) mass is 382 g/mol. The van der Waals surface area contributed by atoms with Gasteiger partial charge in [-0.15, -0.1) is 0 Å². The molecule has 6 nitrogen and oxygen atoms in total. The third-order valence-corrected chi connectivity index (χ3v) is 5.47. The van der Waals surface area contributed by atoms with Gasteiger partial charge in [0.15, 0.2) is 0 Å². The van der Waals surface area contributed by atoms with Crippen LogP contribution in [-0.4, -0.2) is 40.5 Å². The highest BCUT2D eigenvalue weighted by molar-refractivity contribution is 5.87. The average molecular weight is 382 g/mol. The number of aromatic nitrogens is 1. The number of carboxylic acid groups (broad SMARTS) is 1. The van der Waals surface area contributed by atoms with Crippen molar-refractivity contribution in [3.8, 4) is 5.75 Å². The van der Waals surface area contributed by atoms with Crippen molar-refractivity contribution in [3.05, 3.63) is 59.4 Å². The number of hydrogen-bond acceptors (Lipinski definition) is 4. The highest BCUT2D eigenvalue weighted by Crippen LogP contribution is 2.31. The third-order valence-electron chi connectivity index (χ3n) is 5.47. The Bertz CT molecular complexity index is 835. The molecule has 0 spiro atoms. The van der Waals surface area contributed by atoms with E-state index in [9.17, 15) is 9.59 Å². The number of carbonyl (C=O) groups excluding carboxylic acids is 1. The van der Waals surface area contributed by atoms with E-state index in [1.807, 2.05) is 29.2 Å². The lowest BCUT2D eigenvalue weighted by Gasteiger charge is -2.25. The van der Waals surface area contributed by atoms with Gasteiger partial charge in [-0.25, -0.2) is 4.79 Å². The summed E-state index contributed by atoms with van der Waals surface area (Å²) in [5.74, 6) is 0.0962. The molecule has 148 valence electrons. The number of benzene rings is 1. The van der Waals surface area contributed by atoms with Crippen LogP contribution in [0.4, 0.5) is 0 Å². The van der Waals surface area contributed by atoms with E-state index in [1.54, 1.807) is 13.2 Å². The zero-order chi connectivity index (χ0) is 20.1. The van der Waals surface area contributed by atoms with Crippen LogP contribution in [-0.2, 0) is 11.2 Å². The largest absolute Gasteiger partial charge is 0.497 e. The number of nitrogens with zero attached hydrogens (tertiary/aromatic N) is 2. The third kappa shape index (κ3) is 4.50. The average Bonchev–Trinajstić information content (AvgIpc) is 3.08. The quantitative estimate of drug-likeness (QED) is 0.753. The van der Waals surface area contributed by atoms with Gasteiger partial charge < -0.3 is 14.7 Å². The Balaban J connectivity index is 1.53. The first-order valence-corrected chi connectivity index (χ1v) is 9.62. The van der Waals surface area contributed by atoms with E-state index in [1.165, 1.54) is 12.3 Å². The summed E-state index contributed by atoms with van der Waals surface area (Å²) in [4.78, 5) is 30.1. The molecule has 2 aromatic rings. The van der Waals surface area contributed by atoms with E-state index >= 15 is 0 Å². The van der Waals surface area contributed by atoms with Crippen molar-refractivity contribution < 1.29 is 19.4 Å². The predicted octanol–water partition coefficient (Wildman–Crippen LogP) is 3.72.